The summed E-state index contributed by atoms with van der Waals surface area (Å²) in [7, 11) is 0. The lowest BCUT2D eigenvalue weighted by molar-refractivity contribution is 0.653. The molecule has 0 aliphatic carbocycles. The van der Waals surface area contributed by atoms with Crippen LogP contribution < -0.4 is 11.3 Å². The van der Waals surface area contributed by atoms with Crippen molar-refractivity contribution < 1.29 is 0 Å². The maximum atomic E-state index is 5.76. The molecule has 2 rings (SSSR count). The molecule has 3 N–H and O–H groups in total. The van der Waals surface area contributed by atoms with E-state index in [9.17, 15) is 0 Å². The SMILES string of the molecule is Cc1cc(NN)nc(Cn2cc(Cl)cn2)n1. The van der Waals surface area contributed by atoms with Crippen LogP contribution in [0.15, 0.2) is 18.5 Å². The third kappa shape index (κ3) is 2.47. The first-order valence-corrected chi connectivity index (χ1v) is 5.04. The molecule has 7 heteroatoms. The summed E-state index contributed by atoms with van der Waals surface area (Å²) < 4.78 is 1.66. The molecule has 0 saturated heterocycles. The molecule has 0 aliphatic rings. The Morgan fingerprint density at radius 2 is 2.31 bits per heavy atom. The Labute approximate surface area is 97.4 Å². The van der Waals surface area contributed by atoms with Crippen molar-refractivity contribution in [3.63, 3.8) is 0 Å². The summed E-state index contributed by atoms with van der Waals surface area (Å²) in [6.07, 6.45) is 3.28. The summed E-state index contributed by atoms with van der Waals surface area (Å²) in [4.78, 5) is 8.48. The van der Waals surface area contributed by atoms with Crippen LogP contribution in [-0.4, -0.2) is 19.7 Å². The van der Waals surface area contributed by atoms with Crippen molar-refractivity contribution >= 4 is 17.4 Å². The summed E-state index contributed by atoms with van der Waals surface area (Å²) in [5, 5.41) is 4.64. The van der Waals surface area contributed by atoms with Gasteiger partial charge in [-0.15, -0.1) is 0 Å². The molecular formula is C9H11ClN6. The van der Waals surface area contributed by atoms with E-state index in [0.717, 1.165) is 5.69 Å². The zero-order valence-electron chi connectivity index (χ0n) is 8.68. The molecule has 16 heavy (non-hydrogen) atoms. The number of nitrogens with one attached hydrogen (secondary N) is 1. The molecule has 0 atom stereocenters. The van der Waals surface area contributed by atoms with Gasteiger partial charge in [0.2, 0.25) is 0 Å². The Balaban J connectivity index is 2.24. The van der Waals surface area contributed by atoms with Crippen LogP contribution >= 0.6 is 11.6 Å². The summed E-state index contributed by atoms with van der Waals surface area (Å²) >= 11 is 5.76. The van der Waals surface area contributed by atoms with E-state index < -0.39 is 0 Å². The topological polar surface area (TPSA) is 81.6 Å². The quantitative estimate of drug-likeness (QED) is 0.615. The van der Waals surface area contributed by atoms with Crippen molar-refractivity contribution in [2.75, 3.05) is 5.43 Å². The van der Waals surface area contributed by atoms with Crippen molar-refractivity contribution in [3.8, 4) is 0 Å². The van der Waals surface area contributed by atoms with Crippen LogP contribution in [0, 0.1) is 6.92 Å². The van der Waals surface area contributed by atoms with E-state index in [1.807, 2.05) is 6.92 Å². The second kappa shape index (κ2) is 4.46. The van der Waals surface area contributed by atoms with Crippen LogP contribution in [0.1, 0.15) is 11.5 Å². The lowest BCUT2D eigenvalue weighted by Gasteiger charge is -2.05. The molecule has 84 valence electrons. The molecule has 0 fully saturated rings. The normalized spacial score (nSPS) is 10.4. The van der Waals surface area contributed by atoms with E-state index in [2.05, 4.69) is 20.5 Å². The molecule has 0 radical (unpaired) electrons. The standard InChI is InChI=1S/C9H11ClN6/c1-6-2-8(15-11)14-9(13-6)5-16-4-7(10)3-12-16/h2-4H,5,11H2,1H3,(H,13,14,15). The monoisotopic (exact) mass is 238 g/mol. The van der Waals surface area contributed by atoms with Crippen LogP contribution in [-0.2, 0) is 6.54 Å². The van der Waals surface area contributed by atoms with Crippen LogP contribution in [0.5, 0.6) is 0 Å². The smallest absolute Gasteiger partial charge is 0.152 e. The maximum Gasteiger partial charge on any atom is 0.152 e. The number of hydrogen-bond acceptors (Lipinski definition) is 5. The number of halogens is 1. The Bertz CT molecular complexity index is 494. The maximum absolute atomic E-state index is 5.76. The number of aryl methyl sites for hydroxylation is 1. The minimum atomic E-state index is 0.461. The Hall–Kier alpha value is -1.66. The van der Waals surface area contributed by atoms with Gasteiger partial charge in [-0.1, -0.05) is 11.6 Å². The van der Waals surface area contributed by atoms with E-state index in [1.54, 1.807) is 23.1 Å². The Morgan fingerprint density at radius 3 is 2.94 bits per heavy atom. The second-order valence-corrected chi connectivity index (χ2v) is 3.75. The van der Waals surface area contributed by atoms with Gasteiger partial charge >= 0.3 is 0 Å². The van der Waals surface area contributed by atoms with Gasteiger partial charge in [-0.2, -0.15) is 5.10 Å². The fraction of sp³-hybridized carbons (Fsp3) is 0.222. The van der Waals surface area contributed by atoms with Crippen LogP contribution in [0.2, 0.25) is 5.02 Å². The molecule has 0 spiro atoms. The van der Waals surface area contributed by atoms with Crippen LogP contribution in [0.3, 0.4) is 0 Å². The van der Waals surface area contributed by atoms with Crippen molar-refractivity contribution in [2.45, 2.75) is 13.5 Å². The van der Waals surface area contributed by atoms with Gasteiger partial charge in [-0.25, -0.2) is 15.8 Å². The number of hydrazine groups is 1. The lowest BCUT2D eigenvalue weighted by Crippen LogP contribution is -2.12. The molecule has 2 aromatic rings. The molecule has 0 bridgehead atoms. The van der Waals surface area contributed by atoms with Crippen LogP contribution in [0.25, 0.3) is 0 Å². The predicted molar refractivity (Wildman–Crippen MR) is 60.9 cm³/mol. The molecule has 0 saturated carbocycles. The number of nitrogen functional groups attached to an aromatic ring is 1. The largest absolute Gasteiger partial charge is 0.308 e. The molecule has 0 aliphatic heterocycles. The molecule has 0 amide bonds. The van der Waals surface area contributed by atoms with Gasteiger partial charge in [0.05, 0.1) is 11.2 Å². The molecule has 2 heterocycles. The highest BCUT2D eigenvalue weighted by Crippen LogP contribution is 2.08. The number of nitrogens with zero attached hydrogens (tertiary/aromatic N) is 4. The van der Waals surface area contributed by atoms with Gasteiger partial charge in [-0.3, -0.25) is 4.68 Å². The molecule has 6 nitrogen and oxygen atoms in total. The minimum Gasteiger partial charge on any atom is -0.308 e. The van der Waals surface area contributed by atoms with Gasteiger partial charge in [0.25, 0.3) is 0 Å². The first kappa shape index (κ1) is 10.8. The summed E-state index contributed by atoms with van der Waals surface area (Å²) in [6, 6.07) is 1.76. The Morgan fingerprint density at radius 1 is 1.50 bits per heavy atom. The van der Waals surface area contributed by atoms with E-state index in [-0.39, 0.29) is 0 Å². The zero-order valence-corrected chi connectivity index (χ0v) is 9.44. The number of nitrogens with two attached hydrogens (primary N) is 1. The Kier molecular flexibility index (Phi) is 3.02. The van der Waals surface area contributed by atoms with E-state index in [4.69, 9.17) is 17.4 Å². The number of anilines is 1. The number of hydrogen-bond donors (Lipinski definition) is 2. The highest BCUT2D eigenvalue weighted by molar-refractivity contribution is 6.30. The highest BCUT2D eigenvalue weighted by Gasteiger charge is 2.03. The summed E-state index contributed by atoms with van der Waals surface area (Å²) in [6.45, 7) is 2.34. The fourth-order valence-electron chi connectivity index (χ4n) is 1.34. The van der Waals surface area contributed by atoms with Gasteiger partial charge in [0.1, 0.15) is 12.4 Å². The van der Waals surface area contributed by atoms with E-state index >= 15 is 0 Å². The average Bonchev–Trinajstić information content (AvgIpc) is 2.63. The first-order valence-electron chi connectivity index (χ1n) is 4.66. The third-order valence-corrected chi connectivity index (χ3v) is 2.15. The molecule has 0 unspecified atom stereocenters. The molecular weight excluding hydrogens is 228 g/mol. The lowest BCUT2D eigenvalue weighted by atomic mass is 10.4. The zero-order chi connectivity index (χ0) is 11.5. The van der Waals surface area contributed by atoms with E-state index in [1.165, 1.54) is 0 Å². The number of aromatic nitrogens is 4. The molecule has 2 aromatic heterocycles. The van der Waals surface area contributed by atoms with Crippen molar-refractivity contribution in [3.05, 3.63) is 35.0 Å². The van der Waals surface area contributed by atoms with Crippen molar-refractivity contribution in [1.82, 2.24) is 19.7 Å². The molecule has 0 aromatic carbocycles. The second-order valence-electron chi connectivity index (χ2n) is 3.31. The predicted octanol–water partition coefficient (Wildman–Crippen LogP) is 0.969. The first-order chi connectivity index (χ1) is 7.67. The summed E-state index contributed by atoms with van der Waals surface area (Å²) in [5.74, 6) is 6.52. The van der Waals surface area contributed by atoms with Gasteiger partial charge in [0, 0.05) is 18.0 Å². The van der Waals surface area contributed by atoms with Gasteiger partial charge < -0.3 is 5.43 Å². The van der Waals surface area contributed by atoms with Gasteiger partial charge in [-0.05, 0) is 6.92 Å². The van der Waals surface area contributed by atoms with Crippen LogP contribution in [0.4, 0.5) is 5.82 Å². The third-order valence-electron chi connectivity index (χ3n) is 1.95. The average molecular weight is 239 g/mol. The fourth-order valence-corrected chi connectivity index (χ4v) is 1.50. The minimum absolute atomic E-state index is 0.461. The number of rotatable bonds is 3. The summed E-state index contributed by atoms with van der Waals surface area (Å²) in [5.41, 5.74) is 3.34. The highest BCUT2D eigenvalue weighted by atomic mass is 35.5. The van der Waals surface area contributed by atoms with Crippen molar-refractivity contribution in [2.24, 2.45) is 5.84 Å². The van der Waals surface area contributed by atoms with Gasteiger partial charge in [0.15, 0.2) is 5.82 Å². The van der Waals surface area contributed by atoms with E-state index in [0.29, 0.717) is 23.2 Å². The van der Waals surface area contributed by atoms with Crippen molar-refractivity contribution in [1.29, 1.82) is 0 Å².